The summed E-state index contributed by atoms with van der Waals surface area (Å²) in [5.74, 6) is 0.360. The van der Waals surface area contributed by atoms with E-state index in [0.29, 0.717) is 11.6 Å². The Balaban J connectivity index is 1.46. The molecule has 2 aliphatic rings. The number of hydrogen-bond donors (Lipinski definition) is 1. The van der Waals surface area contributed by atoms with E-state index in [-0.39, 0.29) is 5.75 Å². The second-order valence-corrected chi connectivity index (χ2v) is 9.74. The van der Waals surface area contributed by atoms with E-state index in [0.717, 1.165) is 38.1 Å². The maximum absolute atomic E-state index is 11.4. The number of sulfone groups is 1. The summed E-state index contributed by atoms with van der Waals surface area (Å²) in [4.78, 5) is 2.35. The average molecular weight is 379 g/mol. The van der Waals surface area contributed by atoms with E-state index < -0.39 is 15.9 Å². The van der Waals surface area contributed by atoms with Gasteiger partial charge in [0.1, 0.15) is 15.9 Å². The second kappa shape index (κ2) is 6.47. The van der Waals surface area contributed by atoms with Crippen molar-refractivity contribution in [2.24, 2.45) is 7.05 Å². The van der Waals surface area contributed by atoms with Gasteiger partial charge in [-0.05, 0) is 18.9 Å². The quantitative estimate of drug-likeness (QED) is 0.790. The summed E-state index contributed by atoms with van der Waals surface area (Å²) in [6, 6.07) is 1.83. The number of aliphatic hydroxyl groups excluding tert-OH is 1. The Bertz CT molecular complexity index is 913. The highest BCUT2D eigenvalue weighted by Crippen LogP contribution is 2.41. The first-order valence-electron chi connectivity index (χ1n) is 8.95. The molecule has 0 amide bonds. The Morgan fingerprint density at radius 1 is 1.35 bits per heavy atom. The molecule has 1 saturated carbocycles. The molecule has 1 aliphatic carbocycles. The molecule has 0 bridgehead atoms. The molecule has 8 nitrogen and oxygen atoms in total. The highest BCUT2D eigenvalue weighted by Gasteiger charge is 2.30. The molecule has 9 heteroatoms. The van der Waals surface area contributed by atoms with Crippen molar-refractivity contribution in [2.75, 3.05) is 18.6 Å². The molecular weight excluding hydrogens is 354 g/mol. The molecule has 2 aromatic heterocycles. The van der Waals surface area contributed by atoms with E-state index in [1.165, 1.54) is 24.1 Å². The molecule has 1 aliphatic heterocycles. The molecule has 2 aromatic rings. The summed E-state index contributed by atoms with van der Waals surface area (Å²) in [6.45, 7) is 3.19. The van der Waals surface area contributed by atoms with Crippen LogP contribution in [0.4, 0.5) is 0 Å². The molecule has 0 unspecified atom stereocenters. The molecular formula is C17H25N5O3S. The molecule has 1 atom stereocenters. The van der Waals surface area contributed by atoms with Crippen molar-refractivity contribution >= 4 is 9.84 Å². The largest absolute Gasteiger partial charge is 0.386 e. The van der Waals surface area contributed by atoms with Crippen LogP contribution in [0.5, 0.6) is 0 Å². The number of aryl methyl sites for hydroxylation is 1. The van der Waals surface area contributed by atoms with Crippen LogP contribution in [0.1, 0.15) is 47.5 Å². The topological polar surface area (TPSA) is 93.2 Å². The van der Waals surface area contributed by atoms with Crippen LogP contribution in [0, 0.1) is 0 Å². The van der Waals surface area contributed by atoms with Gasteiger partial charge in [-0.1, -0.05) is 0 Å². The van der Waals surface area contributed by atoms with Gasteiger partial charge in [-0.2, -0.15) is 10.2 Å². The first-order valence-corrected chi connectivity index (χ1v) is 11.0. The average Bonchev–Trinajstić information content (AvgIpc) is 3.18. The van der Waals surface area contributed by atoms with Crippen LogP contribution in [0.3, 0.4) is 0 Å². The van der Waals surface area contributed by atoms with Gasteiger partial charge in [-0.15, -0.1) is 0 Å². The Morgan fingerprint density at radius 3 is 2.81 bits per heavy atom. The third-order valence-electron chi connectivity index (χ3n) is 5.12. The molecule has 0 spiro atoms. The smallest absolute Gasteiger partial charge is 0.150 e. The molecule has 1 N–H and O–H groups in total. The lowest BCUT2D eigenvalue weighted by atomic mass is 10.1. The van der Waals surface area contributed by atoms with Crippen molar-refractivity contribution in [2.45, 2.75) is 44.5 Å². The Hall–Kier alpha value is -1.71. The van der Waals surface area contributed by atoms with Gasteiger partial charge in [0.2, 0.25) is 0 Å². The van der Waals surface area contributed by atoms with Gasteiger partial charge in [0.15, 0.2) is 0 Å². The van der Waals surface area contributed by atoms with Crippen molar-refractivity contribution in [1.82, 2.24) is 24.5 Å². The Labute approximate surface area is 153 Å². The zero-order valence-electron chi connectivity index (χ0n) is 15.2. The normalized spacial score (nSPS) is 19.5. The van der Waals surface area contributed by atoms with Crippen LogP contribution < -0.4 is 0 Å². The van der Waals surface area contributed by atoms with E-state index in [9.17, 15) is 13.5 Å². The number of aliphatic hydroxyl groups is 1. The maximum atomic E-state index is 11.4. The van der Waals surface area contributed by atoms with Gasteiger partial charge in [-0.3, -0.25) is 14.3 Å². The first kappa shape index (κ1) is 17.7. The lowest BCUT2D eigenvalue weighted by molar-refractivity contribution is 0.191. The Morgan fingerprint density at radius 2 is 2.12 bits per heavy atom. The van der Waals surface area contributed by atoms with Crippen molar-refractivity contribution in [3.63, 3.8) is 0 Å². The number of rotatable bonds is 6. The summed E-state index contributed by atoms with van der Waals surface area (Å²) in [5.41, 5.74) is 4.09. The van der Waals surface area contributed by atoms with Crippen LogP contribution in [0.25, 0.3) is 0 Å². The van der Waals surface area contributed by atoms with Gasteiger partial charge < -0.3 is 5.11 Å². The highest BCUT2D eigenvalue weighted by atomic mass is 32.2. The minimum absolute atomic E-state index is 0.298. The summed E-state index contributed by atoms with van der Waals surface area (Å²) in [6.07, 6.45) is 4.53. The fourth-order valence-electron chi connectivity index (χ4n) is 3.75. The van der Waals surface area contributed by atoms with E-state index >= 15 is 0 Å². The van der Waals surface area contributed by atoms with Crippen molar-refractivity contribution in [3.05, 3.63) is 34.9 Å². The minimum Gasteiger partial charge on any atom is -0.386 e. The third-order valence-corrected chi connectivity index (χ3v) is 6.04. The minimum atomic E-state index is -3.25. The van der Waals surface area contributed by atoms with Crippen LogP contribution in [0.15, 0.2) is 12.3 Å². The van der Waals surface area contributed by atoms with Crippen molar-refractivity contribution < 1.29 is 13.5 Å². The van der Waals surface area contributed by atoms with Gasteiger partial charge in [-0.25, -0.2) is 8.42 Å². The molecule has 1 fully saturated rings. The number of nitrogens with zero attached hydrogens (tertiary/aromatic N) is 5. The number of hydrogen-bond acceptors (Lipinski definition) is 6. The van der Waals surface area contributed by atoms with Crippen LogP contribution >= 0.6 is 0 Å². The predicted molar refractivity (Wildman–Crippen MR) is 96.2 cm³/mol. The fraction of sp³-hybridized carbons (Fsp3) is 0.647. The molecule has 0 saturated heterocycles. The number of fused-ring (bicyclic) bond motifs is 1. The highest BCUT2D eigenvalue weighted by molar-refractivity contribution is 7.90. The van der Waals surface area contributed by atoms with Crippen LogP contribution in [-0.2, 0) is 36.5 Å². The molecule has 26 heavy (non-hydrogen) atoms. The lowest BCUT2D eigenvalue weighted by Gasteiger charge is -2.27. The zero-order chi connectivity index (χ0) is 18.5. The first-order chi connectivity index (χ1) is 12.3. The van der Waals surface area contributed by atoms with E-state index in [1.807, 2.05) is 28.7 Å². The SMILES string of the molecule is Cn1ncc(CN2CCn3nc([C@@H](O)CS(C)(=O)=O)cc3C2)c1C1CC1. The van der Waals surface area contributed by atoms with E-state index in [4.69, 9.17) is 0 Å². The van der Waals surface area contributed by atoms with Gasteiger partial charge >= 0.3 is 0 Å². The summed E-state index contributed by atoms with van der Waals surface area (Å²) >= 11 is 0. The lowest BCUT2D eigenvalue weighted by Crippen LogP contribution is -2.33. The third kappa shape index (κ3) is 3.70. The van der Waals surface area contributed by atoms with E-state index in [2.05, 4.69) is 15.1 Å². The predicted octanol–water partition coefficient (Wildman–Crippen LogP) is 0.588. The molecule has 3 heterocycles. The number of aromatic nitrogens is 4. The van der Waals surface area contributed by atoms with Gasteiger partial charge in [0.25, 0.3) is 0 Å². The van der Waals surface area contributed by atoms with E-state index in [1.54, 1.807) is 0 Å². The molecule has 0 aromatic carbocycles. The zero-order valence-corrected chi connectivity index (χ0v) is 16.0. The summed E-state index contributed by atoms with van der Waals surface area (Å²) < 4.78 is 26.7. The van der Waals surface area contributed by atoms with Crippen molar-refractivity contribution in [3.8, 4) is 0 Å². The standard InChI is InChI=1S/C17H25N5O3S/c1-20-17(12-3-4-12)13(8-18-20)9-21-5-6-22-14(10-21)7-15(19-22)16(23)11-26(2,24)25/h7-8,12,16,23H,3-6,9-11H2,1-2H3/t16-/m0/s1. The van der Waals surface area contributed by atoms with Crippen LogP contribution in [-0.4, -0.2) is 56.5 Å². The summed E-state index contributed by atoms with van der Waals surface area (Å²) in [7, 11) is -1.24. The fourth-order valence-corrected chi connectivity index (χ4v) is 4.50. The Kier molecular flexibility index (Phi) is 4.40. The second-order valence-electron chi connectivity index (χ2n) is 7.56. The summed E-state index contributed by atoms with van der Waals surface area (Å²) in [5, 5.41) is 19.0. The van der Waals surface area contributed by atoms with Gasteiger partial charge in [0, 0.05) is 50.1 Å². The molecule has 0 radical (unpaired) electrons. The van der Waals surface area contributed by atoms with Crippen molar-refractivity contribution in [1.29, 1.82) is 0 Å². The maximum Gasteiger partial charge on any atom is 0.150 e. The molecule has 4 rings (SSSR count). The molecule has 142 valence electrons. The van der Waals surface area contributed by atoms with Gasteiger partial charge in [0.05, 0.1) is 29.9 Å². The van der Waals surface area contributed by atoms with Crippen LogP contribution in [0.2, 0.25) is 0 Å². The monoisotopic (exact) mass is 379 g/mol.